The summed E-state index contributed by atoms with van der Waals surface area (Å²) in [6.45, 7) is 6.98. The van der Waals surface area contributed by atoms with Crippen molar-refractivity contribution in [2.24, 2.45) is 11.8 Å². The molecule has 0 aromatic heterocycles. The topological polar surface area (TPSA) is 107 Å². The Morgan fingerprint density at radius 2 is 2.13 bits per heavy atom. The predicted molar refractivity (Wildman–Crippen MR) is 113 cm³/mol. The van der Waals surface area contributed by atoms with E-state index in [9.17, 15) is 19.5 Å². The van der Waals surface area contributed by atoms with Crippen LogP contribution >= 0.6 is 15.9 Å². The maximum absolute atomic E-state index is 13.7. The Balaban J connectivity index is 1.99. The molecule has 3 aliphatic heterocycles. The van der Waals surface area contributed by atoms with Crippen molar-refractivity contribution in [2.75, 3.05) is 26.2 Å². The molecule has 168 valence electrons. The number of carbonyl (C=O) groups is 3. The van der Waals surface area contributed by atoms with Crippen molar-refractivity contribution in [2.45, 2.75) is 61.6 Å². The fourth-order valence-corrected chi connectivity index (χ4v) is 6.24. The highest BCUT2D eigenvalue weighted by Crippen LogP contribution is 2.60. The smallest absolute Gasteiger partial charge is 0.310 e. The molecule has 3 heterocycles. The maximum Gasteiger partial charge on any atom is 0.310 e. The number of rotatable bonds is 11. The van der Waals surface area contributed by atoms with Gasteiger partial charge in [0.15, 0.2) is 0 Å². The van der Waals surface area contributed by atoms with Gasteiger partial charge in [-0.1, -0.05) is 35.4 Å². The molecule has 3 unspecified atom stereocenters. The van der Waals surface area contributed by atoms with Gasteiger partial charge in [-0.3, -0.25) is 14.4 Å². The average molecular weight is 487 g/mol. The van der Waals surface area contributed by atoms with Gasteiger partial charge in [-0.05, 0) is 25.7 Å². The quantitative estimate of drug-likeness (QED) is 0.259. The van der Waals surface area contributed by atoms with Gasteiger partial charge in [0, 0.05) is 31.1 Å². The number of carboxylic acid groups (broad SMARTS) is 1. The molecule has 0 aliphatic carbocycles. The third-order valence-corrected chi connectivity index (χ3v) is 7.40. The van der Waals surface area contributed by atoms with Gasteiger partial charge >= 0.3 is 5.97 Å². The van der Waals surface area contributed by atoms with Crippen molar-refractivity contribution < 1.29 is 29.3 Å². The van der Waals surface area contributed by atoms with Crippen LogP contribution in [-0.2, 0) is 19.1 Å². The lowest BCUT2D eigenvalue weighted by molar-refractivity contribution is -0.150. The fraction of sp³-hybridized carbons (Fsp3) is 0.762. The first-order chi connectivity index (χ1) is 14.3. The molecule has 0 aromatic carbocycles. The zero-order valence-corrected chi connectivity index (χ0v) is 18.9. The third-order valence-electron chi connectivity index (χ3n) is 6.56. The standard InChI is InChI=1S/C21H31BrN2O6/c1-3-5-9-23(8-4-2)19(27)17-21-12-13(22)16(30-21)14(20(28)29)15(21)18(26)24(17)10-6-7-11-25/h4,13-17,25H,2-3,5-12H2,1H3,(H,28,29)/t13?,14-,15+,16-,17?,21?/m1/s1. The van der Waals surface area contributed by atoms with Crippen molar-refractivity contribution in [1.82, 2.24) is 9.80 Å². The SMILES string of the molecule is C=CCN(CCCC)C(=O)C1N(CCCCO)C(=O)[C@@H]2[C@@H](C(=O)O)[C@@H]3OC12CC3Br. The van der Waals surface area contributed by atoms with E-state index in [1.54, 1.807) is 11.0 Å². The average Bonchev–Trinajstić information content (AvgIpc) is 3.29. The first-order valence-electron chi connectivity index (χ1n) is 10.7. The molecule has 1 spiro atoms. The Labute approximate surface area is 185 Å². The second-order valence-electron chi connectivity index (χ2n) is 8.39. The van der Waals surface area contributed by atoms with Crippen LogP contribution in [-0.4, -0.2) is 86.6 Å². The Kier molecular flexibility index (Phi) is 7.24. The number of amides is 2. The lowest BCUT2D eigenvalue weighted by atomic mass is 9.70. The molecule has 6 atom stereocenters. The van der Waals surface area contributed by atoms with Gasteiger partial charge in [-0.15, -0.1) is 6.58 Å². The number of aliphatic hydroxyl groups excluding tert-OH is 1. The summed E-state index contributed by atoms with van der Waals surface area (Å²) >= 11 is 3.53. The van der Waals surface area contributed by atoms with Crippen LogP contribution in [0.5, 0.6) is 0 Å². The lowest BCUT2D eigenvalue weighted by Gasteiger charge is -2.37. The molecule has 0 radical (unpaired) electrons. The summed E-state index contributed by atoms with van der Waals surface area (Å²) in [4.78, 5) is 42.2. The maximum atomic E-state index is 13.7. The monoisotopic (exact) mass is 486 g/mol. The summed E-state index contributed by atoms with van der Waals surface area (Å²) in [5.74, 6) is -3.45. The number of unbranched alkanes of at least 4 members (excludes halogenated alkanes) is 2. The number of halogens is 1. The fourth-order valence-electron chi connectivity index (χ4n) is 5.29. The number of carboxylic acids is 1. The number of carbonyl (C=O) groups excluding carboxylic acids is 2. The highest BCUT2D eigenvalue weighted by molar-refractivity contribution is 9.09. The number of aliphatic carboxylic acids is 1. The molecule has 3 fully saturated rings. The molecule has 0 saturated carbocycles. The number of aliphatic hydroxyl groups is 1. The van der Waals surface area contributed by atoms with Gasteiger partial charge < -0.3 is 24.7 Å². The molecular weight excluding hydrogens is 456 g/mol. The third kappa shape index (κ3) is 3.69. The van der Waals surface area contributed by atoms with Crippen molar-refractivity contribution in [3.05, 3.63) is 12.7 Å². The number of nitrogens with zero attached hydrogens (tertiary/aromatic N) is 2. The molecule has 8 nitrogen and oxygen atoms in total. The van der Waals surface area contributed by atoms with Gasteiger partial charge in [0.25, 0.3) is 0 Å². The second kappa shape index (κ2) is 9.36. The minimum Gasteiger partial charge on any atom is -0.481 e. The van der Waals surface area contributed by atoms with E-state index in [1.807, 2.05) is 6.92 Å². The van der Waals surface area contributed by atoms with Gasteiger partial charge in [-0.2, -0.15) is 0 Å². The van der Waals surface area contributed by atoms with E-state index in [4.69, 9.17) is 9.84 Å². The highest BCUT2D eigenvalue weighted by atomic mass is 79.9. The predicted octanol–water partition coefficient (Wildman–Crippen LogP) is 1.41. The van der Waals surface area contributed by atoms with E-state index in [-0.39, 0.29) is 29.8 Å². The first kappa shape index (κ1) is 23.2. The number of alkyl halides is 1. The molecule has 2 bridgehead atoms. The van der Waals surface area contributed by atoms with Crippen LogP contribution < -0.4 is 0 Å². The van der Waals surface area contributed by atoms with E-state index >= 15 is 0 Å². The summed E-state index contributed by atoms with van der Waals surface area (Å²) in [5, 5.41) is 19.0. The molecular formula is C21H31BrN2O6. The molecule has 0 aromatic rings. The minimum atomic E-state index is -1.14. The van der Waals surface area contributed by atoms with Crippen molar-refractivity contribution in [1.29, 1.82) is 0 Å². The van der Waals surface area contributed by atoms with Gasteiger partial charge in [0.05, 0.1) is 17.9 Å². The van der Waals surface area contributed by atoms with Gasteiger partial charge in [0.2, 0.25) is 11.8 Å². The van der Waals surface area contributed by atoms with Gasteiger partial charge in [-0.25, -0.2) is 0 Å². The van der Waals surface area contributed by atoms with Crippen LogP contribution in [0.4, 0.5) is 0 Å². The van der Waals surface area contributed by atoms with E-state index < -0.39 is 35.6 Å². The van der Waals surface area contributed by atoms with Crippen LogP contribution in [0.1, 0.15) is 39.0 Å². The summed E-state index contributed by atoms with van der Waals surface area (Å²) in [5.41, 5.74) is -1.14. The van der Waals surface area contributed by atoms with Gasteiger partial charge in [0.1, 0.15) is 11.6 Å². The van der Waals surface area contributed by atoms with Crippen molar-refractivity contribution >= 4 is 33.7 Å². The highest BCUT2D eigenvalue weighted by Gasteiger charge is 2.76. The second-order valence-corrected chi connectivity index (χ2v) is 9.57. The van der Waals surface area contributed by atoms with E-state index in [0.717, 1.165) is 12.8 Å². The van der Waals surface area contributed by atoms with Crippen LogP contribution in [0.15, 0.2) is 12.7 Å². The normalized spacial score (nSPS) is 34.3. The number of hydrogen-bond acceptors (Lipinski definition) is 5. The lowest BCUT2D eigenvalue weighted by Crippen LogP contribution is -2.57. The summed E-state index contributed by atoms with van der Waals surface area (Å²) in [6, 6.07) is -0.861. The number of fused-ring (bicyclic) bond motifs is 1. The van der Waals surface area contributed by atoms with Crippen LogP contribution in [0, 0.1) is 11.8 Å². The number of likely N-dealkylation sites (tertiary alicyclic amines) is 1. The van der Waals surface area contributed by atoms with E-state index in [2.05, 4.69) is 22.5 Å². The van der Waals surface area contributed by atoms with Crippen molar-refractivity contribution in [3.8, 4) is 0 Å². The summed E-state index contributed by atoms with van der Waals surface area (Å²) in [6.07, 6.45) is 4.22. The summed E-state index contributed by atoms with van der Waals surface area (Å²) < 4.78 is 6.23. The van der Waals surface area contributed by atoms with Crippen LogP contribution in [0.3, 0.4) is 0 Å². The van der Waals surface area contributed by atoms with E-state index in [0.29, 0.717) is 32.4 Å². The largest absolute Gasteiger partial charge is 0.481 e. The number of hydrogen-bond donors (Lipinski definition) is 2. The molecule has 3 rings (SSSR count). The van der Waals surface area contributed by atoms with Crippen LogP contribution in [0.25, 0.3) is 0 Å². The Morgan fingerprint density at radius 1 is 1.40 bits per heavy atom. The Bertz CT molecular complexity index is 703. The van der Waals surface area contributed by atoms with E-state index in [1.165, 1.54) is 4.90 Å². The molecule has 3 aliphatic rings. The van der Waals surface area contributed by atoms with Crippen LogP contribution in [0.2, 0.25) is 0 Å². The Morgan fingerprint density at radius 3 is 2.73 bits per heavy atom. The van der Waals surface area contributed by atoms with Crippen molar-refractivity contribution in [3.63, 3.8) is 0 Å². The molecule has 30 heavy (non-hydrogen) atoms. The number of ether oxygens (including phenoxy) is 1. The minimum absolute atomic E-state index is 0.00585. The summed E-state index contributed by atoms with van der Waals surface area (Å²) in [7, 11) is 0. The zero-order valence-electron chi connectivity index (χ0n) is 17.3. The zero-order chi connectivity index (χ0) is 22.1. The molecule has 3 saturated heterocycles. The molecule has 9 heteroatoms. The molecule has 2 N–H and O–H groups in total. The first-order valence-corrected chi connectivity index (χ1v) is 11.6. The molecule has 2 amide bonds. The Hall–Kier alpha value is -1.45.